The van der Waals surface area contributed by atoms with Crippen LogP contribution in [0, 0.1) is 17.0 Å². The Morgan fingerprint density at radius 3 is 2.56 bits per heavy atom. The summed E-state index contributed by atoms with van der Waals surface area (Å²) in [6, 6.07) is 2.92. The van der Waals surface area contributed by atoms with Crippen LogP contribution < -0.4 is 4.74 Å². The van der Waals surface area contributed by atoms with Crippen molar-refractivity contribution in [2.24, 2.45) is 0 Å². The number of carbonyl (C=O) groups excluding carboxylic acids is 1. The van der Waals surface area contributed by atoms with Gasteiger partial charge in [0.25, 0.3) is 5.69 Å². The third kappa shape index (κ3) is 2.36. The molecule has 1 aromatic carbocycles. The van der Waals surface area contributed by atoms with E-state index in [1.807, 2.05) is 0 Å². The lowest BCUT2D eigenvalue weighted by Crippen LogP contribution is -2.04. The van der Waals surface area contributed by atoms with Gasteiger partial charge in [0.15, 0.2) is 5.78 Å². The van der Waals surface area contributed by atoms with Crippen molar-refractivity contribution < 1.29 is 14.5 Å². The number of benzene rings is 1. The Labute approximate surface area is 93.2 Å². The number of nitro benzene ring substituents is 1. The van der Waals surface area contributed by atoms with Crippen LogP contribution in [0.25, 0.3) is 0 Å². The number of Topliss-reactive ketones (excluding diaryl/α,β-unsaturated/α-hetero) is 1. The standard InChI is InChI=1S/C11H13NO4/c1-4-16-9-5-7(2)11(8(3)13)10(6-9)12(14)15/h5-6H,4H2,1-3H3. The van der Waals surface area contributed by atoms with Crippen molar-refractivity contribution in [2.45, 2.75) is 20.8 Å². The average Bonchev–Trinajstić information content (AvgIpc) is 2.16. The summed E-state index contributed by atoms with van der Waals surface area (Å²) < 4.78 is 5.20. The highest BCUT2D eigenvalue weighted by Gasteiger charge is 2.21. The topological polar surface area (TPSA) is 69.4 Å². The smallest absolute Gasteiger partial charge is 0.284 e. The van der Waals surface area contributed by atoms with Crippen LogP contribution in [-0.4, -0.2) is 17.3 Å². The maximum absolute atomic E-state index is 11.3. The van der Waals surface area contributed by atoms with Crippen molar-refractivity contribution in [1.29, 1.82) is 0 Å². The van der Waals surface area contributed by atoms with E-state index in [1.165, 1.54) is 13.0 Å². The number of nitro groups is 1. The van der Waals surface area contributed by atoms with E-state index in [-0.39, 0.29) is 17.0 Å². The molecule has 86 valence electrons. The molecule has 0 aliphatic carbocycles. The summed E-state index contributed by atoms with van der Waals surface area (Å²) in [7, 11) is 0. The van der Waals surface area contributed by atoms with Gasteiger partial charge in [-0.2, -0.15) is 0 Å². The third-order valence-corrected chi connectivity index (χ3v) is 2.15. The van der Waals surface area contributed by atoms with Crippen LogP contribution in [0.2, 0.25) is 0 Å². The summed E-state index contributed by atoms with van der Waals surface area (Å²) in [5.74, 6) is 0.101. The van der Waals surface area contributed by atoms with Crippen molar-refractivity contribution in [3.8, 4) is 5.75 Å². The molecule has 0 unspecified atom stereocenters. The van der Waals surface area contributed by atoms with Gasteiger partial charge in [-0.15, -0.1) is 0 Å². The molecule has 0 heterocycles. The molecule has 0 fully saturated rings. The van der Waals surface area contributed by atoms with Gasteiger partial charge in [0.05, 0.1) is 23.2 Å². The zero-order chi connectivity index (χ0) is 12.3. The van der Waals surface area contributed by atoms with Gasteiger partial charge in [0, 0.05) is 0 Å². The van der Waals surface area contributed by atoms with Crippen LogP contribution in [-0.2, 0) is 0 Å². The fourth-order valence-corrected chi connectivity index (χ4v) is 1.59. The number of rotatable bonds is 4. The molecule has 1 aromatic rings. The van der Waals surface area contributed by atoms with Gasteiger partial charge in [-0.1, -0.05) is 0 Å². The van der Waals surface area contributed by atoms with Gasteiger partial charge in [-0.05, 0) is 32.4 Å². The second kappa shape index (κ2) is 4.74. The Bertz CT molecular complexity index is 440. The molecule has 0 aliphatic heterocycles. The molecule has 0 bridgehead atoms. The summed E-state index contributed by atoms with van der Waals surface area (Å²) in [6.07, 6.45) is 0. The molecule has 0 radical (unpaired) electrons. The first-order chi connectivity index (χ1) is 7.47. The normalized spacial score (nSPS) is 9.94. The quantitative estimate of drug-likeness (QED) is 0.446. The van der Waals surface area contributed by atoms with Crippen molar-refractivity contribution in [3.63, 3.8) is 0 Å². The molecule has 0 aliphatic rings. The zero-order valence-electron chi connectivity index (χ0n) is 9.44. The highest BCUT2D eigenvalue weighted by Crippen LogP contribution is 2.28. The third-order valence-electron chi connectivity index (χ3n) is 2.15. The SMILES string of the molecule is CCOc1cc(C)c(C(C)=O)c([N+](=O)[O-])c1. The highest BCUT2D eigenvalue weighted by atomic mass is 16.6. The van der Waals surface area contributed by atoms with E-state index < -0.39 is 4.92 Å². The Morgan fingerprint density at radius 1 is 1.50 bits per heavy atom. The van der Waals surface area contributed by atoms with Gasteiger partial charge in [0.2, 0.25) is 0 Å². The number of nitrogens with zero attached hydrogens (tertiary/aromatic N) is 1. The van der Waals surface area contributed by atoms with Gasteiger partial charge in [-0.3, -0.25) is 14.9 Å². The molecular weight excluding hydrogens is 210 g/mol. The Hall–Kier alpha value is -1.91. The maximum Gasteiger partial charge on any atom is 0.284 e. The first kappa shape index (κ1) is 12.2. The monoisotopic (exact) mass is 223 g/mol. The number of hydrogen-bond donors (Lipinski definition) is 0. The van der Waals surface area contributed by atoms with Crippen LogP contribution >= 0.6 is 0 Å². The van der Waals surface area contributed by atoms with E-state index in [4.69, 9.17) is 4.74 Å². The minimum atomic E-state index is -0.563. The summed E-state index contributed by atoms with van der Waals surface area (Å²) in [6.45, 7) is 5.19. The van der Waals surface area contributed by atoms with Gasteiger partial charge in [0.1, 0.15) is 5.75 Å². The summed E-state index contributed by atoms with van der Waals surface area (Å²) in [5, 5.41) is 10.8. The molecule has 0 saturated heterocycles. The molecule has 5 heteroatoms. The Balaban J connectivity index is 3.39. The van der Waals surface area contributed by atoms with E-state index >= 15 is 0 Å². The van der Waals surface area contributed by atoms with E-state index in [0.717, 1.165) is 0 Å². The fourth-order valence-electron chi connectivity index (χ4n) is 1.59. The fraction of sp³-hybridized carbons (Fsp3) is 0.364. The van der Waals surface area contributed by atoms with E-state index in [1.54, 1.807) is 19.9 Å². The molecular formula is C11H13NO4. The minimum absolute atomic E-state index is 0.147. The first-order valence-electron chi connectivity index (χ1n) is 4.90. The van der Waals surface area contributed by atoms with Crippen molar-refractivity contribution in [3.05, 3.63) is 33.4 Å². The van der Waals surface area contributed by atoms with E-state index in [0.29, 0.717) is 17.9 Å². The number of ketones is 1. The first-order valence-corrected chi connectivity index (χ1v) is 4.90. The summed E-state index contributed by atoms with van der Waals surface area (Å²) in [4.78, 5) is 21.6. The van der Waals surface area contributed by atoms with Crippen LogP contribution in [0.3, 0.4) is 0 Å². The second-order valence-electron chi connectivity index (χ2n) is 3.38. The van der Waals surface area contributed by atoms with Crippen molar-refractivity contribution in [2.75, 3.05) is 6.61 Å². The van der Waals surface area contributed by atoms with Gasteiger partial charge < -0.3 is 4.74 Å². The summed E-state index contributed by atoms with van der Waals surface area (Å²) >= 11 is 0. The highest BCUT2D eigenvalue weighted by molar-refractivity contribution is 5.99. The molecule has 16 heavy (non-hydrogen) atoms. The second-order valence-corrected chi connectivity index (χ2v) is 3.38. The van der Waals surface area contributed by atoms with Crippen LogP contribution in [0.15, 0.2) is 12.1 Å². The minimum Gasteiger partial charge on any atom is -0.494 e. The largest absolute Gasteiger partial charge is 0.494 e. The predicted octanol–water partition coefficient (Wildman–Crippen LogP) is 2.50. The van der Waals surface area contributed by atoms with E-state index in [9.17, 15) is 14.9 Å². The molecule has 5 nitrogen and oxygen atoms in total. The number of ether oxygens (including phenoxy) is 1. The number of hydrogen-bond acceptors (Lipinski definition) is 4. The average molecular weight is 223 g/mol. The Morgan fingerprint density at radius 2 is 2.12 bits per heavy atom. The number of aryl methyl sites for hydroxylation is 1. The Kier molecular flexibility index (Phi) is 3.60. The van der Waals surface area contributed by atoms with Crippen molar-refractivity contribution >= 4 is 11.5 Å². The predicted molar refractivity (Wildman–Crippen MR) is 59.0 cm³/mol. The van der Waals surface area contributed by atoms with Crippen LogP contribution in [0.4, 0.5) is 5.69 Å². The van der Waals surface area contributed by atoms with Crippen molar-refractivity contribution in [1.82, 2.24) is 0 Å². The molecule has 0 N–H and O–H groups in total. The van der Waals surface area contributed by atoms with Crippen LogP contribution in [0.1, 0.15) is 29.8 Å². The lowest BCUT2D eigenvalue weighted by molar-refractivity contribution is -0.385. The van der Waals surface area contributed by atoms with Gasteiger partial charge in [-0.25, -0.2) is 0 Å². The van der Waals surface area contributed by atoms with Crippen LogP contribution in [0.5, 0.6) is 5.75 Å². The molecule has 0 aromatic heterocycles. The lowest BCUT2D eigenvalue weighted by atomic mass is 10.0. The molecule has 0 saturated carbocycles. The lowest BCUT2D eigenvalue weighted by Gasteiger charge is -2.07. The molecule has 0 amide bonds. The maximum atomic E-state index is 11.3. The molecule has 1 rings (SSSR count). The zero-order valence-corrected chi connectivity index (χ0v) is 9.44. The van der Waals surface area contributed by atoms with Gasteiger partial charge >= 0.3 is 0 Å². The summed E-state index contributed by atoms with van der Waals surface area (Å²) in [5.41, 5.74) is 0.509. The number of carbonyl (C=O) groups is 1. The molecule has 0 atom stereocenters. The van der Waals surface area contributed by atoms with E-state index in [2.05, 4.69) is 0 Å². The molecule has 0 spiro atoms.